The van der Waals surface area contributed by atoms with Gasteiger partial charge in [-0.3, -0.25) is 4.79 Å². The van der Waals surface area contributed by atoms with Crippen LogP contribution in [0.4, 0.5) is 8.78 Å². The predicted molar refractivity (Wildman–Crippen MR) is 92.3 cm³/mol. The minimum absolute atomic E-state index is 0.0867. The standard InChI is InChI=1S/C18H14ClF2N3O2/c19-14-8-13(2-3-15(14)20)26-10-18(25)23-9-12-1-4-17(16(21)7-12)24-6-5-22-11-24/h1-8,11H,9-10H2,(H,23,25). The van der Waals surface area contributed by atoms with E-state index in [4.69, 9.17) is 16.3 Å². The van der Waals surface area contributed by atoms with Gasteiger partial charge in [-0.15, -0.1) is 0 Å². The van der Waals surface area contributed by atoms with Crippen LogP contribution < -0.4 is 10.1 Å². The summed E-state index contributed by atoms with van der Waals surface area (Å²) in [5, 5.41) is 2.53. The summed E-state index contributed by atoms with van der Waals surface area (Å²) in [6, 6.07) is 8.47. The normalized spacial score (nSPS) is 10.6. The van der Waals surface area contributed by atoms with Crippen LogP contribution in [-0.2, 0) is 11.3 Å². The van der Waals surface area contributed by atoms with Crippen molar-refractivity contribution in [3.63, 3.8) is 0 Å². The molecule has 3 rings (SSSR count). The molecular formula is C18H14ClF2N3O2. The maximum absolute atomic E-state index is 14.1. The first kappa shape index (κ1) is 17.9. The van der Waals surface area contributed by atoms with Gasteiger partial charge in [0.2, 0.25) is 0 Å². The monoisotopic (exact) mass is 377 g/mol. The van der Waals surface area contributed by atoms with Crippen molar-refractivity contribution < 1.29 is 18.3 Å². The fourth-order valence-electron chi connectivity index (χ4n) is 2.24. The second kappa shape index (κ2) is 7.97. The average Bonchev–Trinajstić information content (AvgIpc) is 3.15. The topological polar surface area (TPSA) is 56.1 Å². The summed E-state index contributed by atoms with van der Waals surface area (Å²) < 4.78 is 34.0. The highest BCUT2D eigenvalue weighted by Gasteiger charge is 2.08. The van der Waals surface area contributed by atoms with E-state index in [1.165, 1.54) is 24.5 Å². The molecule has 26 heavy (non-hydrogen) atoms. The van der Waals surface area contributed by atoms with Crippen molar-refractivity contribution >= 4 is 17.5 Å². The Hall–Kier alpha value is -2.93. The fourth-order valence-corrected chi connectivity index (χ4v) is 2.41. The molecule has 5 nitrogen and oxygen atoms in total. The molecule has 1 amide bonds. The number of ether oxygens (including phenoxy) is 1. The lowest BCUT2D eigenvalue weighted by Crippen LogP contribution is -2.28. The number of rotatable bonds is 6. The molecule has 134 valence electrons. The number of amides is 1. The number of imidazole rings is 1. The molecule has 0 fully saturated rings. The Bertz CT molecular complexity index is 917. The minimum atomic E-state index is -0.565. The molecule has 3 aromatic rings. The van der Waals surface area contributed by atoms with Gasteiger partial charge in [-0.1, -0.05) is 17.7 Å². The van der Waals surface area contributed by atoms with E-state index in [1.54, 1.807) is 29.1 Å². The van der Waals surface area contributed by atoms with E-state index >= 15 is 0 Å². The highest BCUT2D eigenvalue weighted by molar-refractivity contribution is 6.30. The van der Waals surface area contributed by atoms with Gasteiger partial charge >= 0.3 is 0 Å². The van der Waals surface area contributed by atoms with E-state index in [-0.39, 0.29) is 23.9 Å². The van der Waals surface area contributed by atoms with Gasteiger partial charge in [-0.05, 0) is 29.8 Å². The molecule has 0 aliphatic carbocycles. The molecule has 0 aliphatic rings. The quantitative estimate of drug-likeness (QED) is 0.715. The molecular weight excluding hydrogens is 364 g/mol. The number of nitrogens with zero attached hydrogens (tertiary/aromatic N) is 2. The lowest BCUT2D eigenvalue weighted by Gasteiger charge is -2.09. The van der Waals surface area contributed by atoms with Gasteiger partial charge in [0.05, 0.1) is 17.0 Å². The fraction of sp³-hybridized carbons (Fsp3) is 0.111. The number of hydrogen-bond acceptors (Lipinski definition) is 3. The second-order valence-corrected chi connectivity index (χ2v) is 5.80. The maximum atomic E-state index is 14.1. The molecule has 0 aliphatic heterocycles. The van der Waals surface area contributed by atoms with Crippen LogP contribution in [0.2, 0.25) is 5.02 Å². The first-order chi connectivity index (χ1) is 12.5. The number of aromatic nitrogens is 2. The molecule has 0 saturated heterocycles. The Morgan fingerprint density at radius 1 is 1.19 bits per heavy atom. The Kier molecular flexibility index (Phi) is 5.48. The van der Waals surface area contributed by atoms with E-state index in [1.807, 2.05) is 0 Å². The third-order valence-electron chi connectivity index (χ3n) is 3.55. The Morgan fingerprint density at radius 2 is 2.04 bits per heavy atom. The number of benzene rings is 2. The zero-order valence-electron chi connectivity index (χ0n) is 13.5. The van der Waals surface area contributed by atoms with Gasteiger partial charge in [0.1, 0.15) is 17.4 Å². The molecule has 0 unspecified atom stereocenters. The zero-order valence-corrected chi connectivity index (χ0v) is 14.2. The third kappa shape index (κ3) is 4.37. The Morgan fingerprint density at radius 3 is 2.73 bits per heavy atom. The first-order valence-electron chi connectivity index (χ1n) is 7.64. The molecule has 8 heteroatoms. The molecule has 0 atom stereocenters. The van der Waals surface area contributed by atoms with Crippen LogP contribution in [0.5, 0.6) is 5.75 Å². The second-order valence-electron chi connectivity index (χ2n) is 5.40. The van der Waals surface area contributed by atoms with E-state index in [0.717, 1.165) is 6.07 Å². The van der Waals surface area contributed by atoms with Crippen LogP contribution >= 0.6 is 11.6 Å². The molecule has 1 N–H and O–H groups in total. The predicted octanol–water partition coefficient (Wildman–Crippen LogP) is 3.50. The van der Waals surface area contributed by atoms with Gasteiger partial charge < -0.3 is 14.6 Å². The van der Waals surface area contributed by atoms with Crippen LogP contribution in [0.1, 0.15) is 5.56 Å². The van der Waals surface area contributed by atoms with Crippen molar-refractivity contribution in [2.75, 3.05) is 6.61 Å². The maximum Gasteiger partial charge on any atom is 0.258 e. The molecule has 0 radical (unpaired) electrons. The number of carbonyl (C=O) groups excluding carboxylic acids is 1. The lowest BCUT2D eigenvalue weighted by atomic mass is 10.2. The van der Waals surface area contributed by atoms with E-state index in [9.17, 15) is 13.6 Å². The summed E-state index contributed by atoms with van der Waals surface area (Å²) in [4.78, 5) is 15.7. The number of nitrogens with one attached hydrogen (secondary N) is 1. The van der Waals surface area contributed by atoms with Gasteiger partial charge in [-0.25, -0.2) is 13.8 Å². The van der Waals surface area contributed by atoms with Crippen LogP contribution in [0, 0.1) is 11.6 Å². The van der Waals surface area contributed by atoms with Crippen molar-refractivity contribution in [3.05, 3.63) is 77.3 Å². The largest absolute Gasteiger partial charge is 0.484 e. The lowest BCUT2D eigenvalue weighted by molar-refractivity contribution is -0.123. The van der Waals surface area contributed by atoms with E-state index < -0.39 is 17.5 Å². The van der Waals surface area contributed by atoms with Gasteiger partial charge in [0.15, 0.2) is 6.61 Å². The zero-order chi connectivity index (χ0) is 18.5. The molecule has 0 saturated carbocycles. The van der Waals surface area contributed by atoms with Crippen LogP contribution in [0.3, 0.4) is 0 Å². The van der Waals surface area contributed by atoms with E-state index in [0.29, 0.717) is 11.3 Å². The van der Waals surface area contributed by atoms with Crippen molar-refractivity contribution in [1.29, 1.82) is 0 Å². The average molecular weight is 378 g/mol. The Labute approximate surface area is 153 Å². The Balaban J connectivity index is 1.52. The molecule has 1 aromatic heterocycles. The summed E-state index contributed by atoms with van der Waals surface area (Å²) in [5.74, 6) is -1.11. The SMILES string of the molecule is O=C(COc1ccc(F)c(Cl)c1)NCc1ccc(-n2ccnc2)c(F)c1. The molecule has 2 aromatic carbocycles. The first-order valence-corrected chi connectivity index (χ1v) is 8.02. The third-order valence-corrected chi connectivity index (χ3v) is 3.83. The van der Waals surface area contributed by atoms with Crippen molar-refractivity contribution in [2.45, 2.75) is 6.54 Å². The van der Waals surface area contributed by atoms with Gasteiger partial charge in [-0.2, -0.15) is 0 Å². The molecule has 0 bridgehead atoms. The summed E-state index contributed by atoms with van der Waals surface area (Å²) in [6.45, 7) is -0.120. The van der Waals surface area contributed by atoms with Crippen molar-refractivity contribution in [1.82, 2.24) is 14.9 Å². The van der Waals surface area contributed by atoms with Gasteiger partial charge in [0, 0.05) is 25.0 Å². The highest BCUT2D eigenvalue weighted by Crippen LogP contribution is 2.21. The van der Waals surface area contributed by atoms with Crippen LogP contribution in [0.15, 0.2) is 55.1 Å². The number of hydrogen-bond donors (Lipinski definition) is 1. The summed E-state index contributed by atoms with van der Waals surface area (Å²) in [5.41, 5.74) is 0.971. The molecule has 0 spiro atoms. The van der Waals surface area contributed by atoms with Crippen molar-refractivity contribution in [3.8, 4) is 11.4 Å². The summed E-state index contributed by atoms with van der Waals surface area (Å²) >= 11 is 5.64. The molecule has 1 heterocycles. The highest BCUT2D eigenvalue weighted by atomic mass is 35.5. The van der Waals surface area contributed by atoms with Crippen molar-refractivity contribution in [2.24, 2.45) is 0 Å². The van der Waals surface area contributed by atoms with Crippen LogP contribution in [-0.4, -0.2) is 22.1 Å². The number of carbonyl (C=O) groups is 1. The van der Waals surface area contributed by atoms with Crippen LogP contribution in [0.25, 0.3) is 5.69 Å². The number of halogens is 3. The summed E-state index contributed by atoms with van der Waals surface area (Å²) in [6.07, 6.45) is 4.69. The van der Waals surface area contributed by atoms with Gasteiger partial charge in [0.25, 0.3) is 5.91 Å². The smallest absolute Gasteiger partial charge is 0.258 e. The summed E-state index contributed by atoms with van der Waals surface area (Å²) in [7, 11) is 0. The van der Waals surface area contributed by atoms with E-state index in [2.05, 4.69) is 10.3 Å². The minimum Gasteiger partial charge on any atom is -0.484 e.